The highest BCUT2D eigenvalue weighted by molar-refractivity contribution is 7.18. The first-order valence-electron chi connectivity index (χ1n) is 9.75. The van der Waals surface area contributed by atoms with Crippen molar-refractivity contribution in [3.63, 3.8) is 0 Å². The highest BCUT2D eigenvalue weighted by Crippen LogP contribution is 2.39. The van der Waals surface area contributed by atoms with E-state index in [4.69, 9.17) is 14.7 Å². The predicted octanol–water partition coefficient (Wildman–Crippen LogP) is 1.94. The maximum absolute atomic E-state index is 5.48. The molecule has 2 aromatic heterocycles. The summed E-state index contributed by atoms with van der Waals surface area (Å²) >= 11 is 1.82. The van der Waals surface area contributed by atoms with Crippen LogP contribution in [0.5, 0.6) is 0 Å². The number of rotatable bonds is 3. The Morgan fingerprint density at radius 2 is 2.00 bits per heavy atom. The van der Waals surface area contributed by atoms with E-state index in [0.717, 1.165) is 69.1 Å². The number of aryl methyl sites for hydroxylation is 2. The lowest BCUT2D eigenvalue weighted by atomic mass is 10.1. The summed E-state index contributed by atoms with van der Waals surface area (Å²) in [5.41, 5.74) is 1.35. The van der Waals surface area contributed by atoms with Gasteiger partial charge in [-0.1, -0.05) is 0 Å². The molecule has 6 nitrogen and oxygen atoms in total. The summed E-state index contributed by atoms with van der Waals surface area (Å²) in [5.74, 6) is 2.91. The number of ether oxygens (including phenoxy) is 1. The zero-order valence-electron chi connectivity index (χ0n) is 15.6. The number of hydrogen-bond acceptors (Lipinski definition) is 7. The number of aromatic nitrogens is 2. The molecule has 0 aromatic carbocycles. The summed E-state index contributed by atoms with van der Waals surface area (Å²) in [6.07, 6.45) is 1.27. The van der Waals surface area contributed by atoms with Gasteiger partial charge in [0.05, 0.1) is 25.1 Å². The van der Waals surface area contributed by atoms with Crippen molar-refractivity contribution in [3.8, 4) is 0 Å². The Morgan fingerprint density at radius 1 is 1.15 bits per heavy atom. The monoisotopic (exact) mass is 373 g/mol. The van der Waals surface area contributed by atoms with Gasteiger partial charge in [0.25, 0.3) is 0 Å². The second-order valence-corrected chi connectivity index (χ2v) is 8.99. The number of anilines is 1. The van der Waals surface area contributed by atoms with Crippen LogP contribution in [0.4, 0.5) is 5.82 Å². The van der Waals surface area contributed by atoms with Crippen LogP contribution in [0.3, 0.4) is 0 Å². The molecule has 5 heterocycles. The fraction of sp³-hybridized carbons (Fsp3) is 0.684. The Bertz CT molecular complexity index is 816. The van der Waals surface area contributed by atoms with Gasteiger partial charge in [0, 0.05) is 43.6 Å². The number of nitrogens with one attached hydrogen (secondary N) is 1. The standard InChI is InChI=1S/C19H27N5OS/c1-12-13(2)26-19-17(12)18(24-4-3-14-9-20-10-15(14)24)21-16(22-19)11-23-5-7-25-8-6-23/h14-15,20H,3-11H2,1-2H3/t14-,15+/m1/s1. The van der Waals surface area contributed by atoms with Crippen molar-refractivity contribution in [2.45, 2.75) is 32.9 Å². The molecular formula is C19H27N5OS. The van der Waals surface area contributed by atoms with E-state index in [2.05, 4.69) is 29.0 Å². The zero-order chi connectivity index (χ0) is 17.7. The molecular weight excluding hydrogens is 346 g/mol. The van der Waals surface area contributed by atoms with E-state index in [1.807, 2.05) is 11.3 Å². The van der Waals surface area contributed by atoms with Crippen molar-refractivity contribution in [3.05, 3.63) is 16.3 Å². The highest BCUT2D eigenvalue weighted by Gasteiger charge is 2.39. The van der Waals surface area contributed by atoms with Crippen molar-refractivity contribution in [2.24, 2.45) is 5.92 Å². The third-order valence-corrected chi connectivity index (χ3v) is 7.34. The number of fused-ring (bicyclic) bond motifs is 2. The topological polar surface area (TPSA) is 53.5 Å². The largest absolute Gasteiger partial charge is 0.379 e. The maximum Gasteiger partial charge on any atom is 0.146 e. The normalized spacial score (nSPS) is 26.8. The first-order chi connectivity index (χ1) is 12.7. The molecule has 2 atom stereocenters. The minimum atomic E-state index is 0.587. The van der Waals surface area contributed by atoms with Gasteiger partial charge in [0.15, 0.2) is 0 Å². The fourth-order valence-corrected chi connectivity index (χ4v) is 5.66. The molecule has 0 saturated carbocycles. The van der Waals surface area contributed by atoms with Gasteiger partial charge in [-0.3, -0.25) is 4.90 Å². The molecule has 5 rings (SSSR count). The van der Waals surface area contributed by atoms with Crippen molar-refractivity contribution < 1.29 is 4.74 Å². The van der Waals surface area contributed by atoms with Crippen molar-refractivity contribution in [1.82, 2.24) is 20.2 Å². The molecule has 3 aliphatic heterocycles. The molecule has 0 amide bonds. The van der Waals surface area contributed by atoms with E-state index in [-0.39, 0.29) is 0 Å². The van der Waals surface area contributed by atoms with Gasteiger partial charge in [-0.2, -0.15) is 0 Å². The van der Waals surface area contributed by atoms with Crippen molar-refractivity contribution in [1.29, 1.82) is 0 Å². The highest BCUT2D eigenvalue weighted by atomic mass is 32.1. The predicted molar refractivity (Wildman–Crippen MR) is 105 cm³/mol. The molecule has 2 aromatic rings. The zero-order valence-corrected chi connectivity index (χ0v) is 16.4. The van der Waals surface area contributed by atoms with Gasteiger partial charge >= 0.3 is 0 Å². The first kappa shape index (κ1) is 16.9. The van der Waals surface area contributed by atoms with Crippen LogP contribution >= 0.6 is 11.3 Å². The Morgan fingerprint density at radius 3 is 2.85 bits per heavy atom. The summed E-state index contributed by atoms with van der Waals surface area (Å²) in [5, 5.41) is 4.85. The average molecular weight is 374 g/mol. The van der Waals surface area contributed by atoms with Gasteiger partial charge in [-0.25, -0.2) is 9.97 Å². The molecule has 0 unspecified atom stereocenters. The minimum Gasteiger partial charge on any atom is -0.379 e. The van der Waals surface area contributed by atoms with Gasteiger partial charge in [0.2, 0.25) is 0 Å². The lowest BCUT2D eigenvalue weighted by Crippen LogP contribution is -2.37. The molecule has 3 fully saturated rings. The van der Waals surface area contributed by atoms with Crippen LogP contribution in [0.15, 0.2) is 0 Å². The Kier molecular flexibility index (Phi) is 4.35. The van der Waals surface area contributed by atoms with Crippen molar-refractivity contribution >= 4 is 27.4 Å². The Hall–Kier alpha value is -1.28. The Labute approximate surface area is 158 Å². The molecule has 1 N–H and O–H groups in total. The Balaban J connectivity index is 1.55. The summed E-state index contributed by atoms with van der Waals surface area (Å²) in [4.78, 5) is 17.6. The molecule has 0 aliphatic carbocycles. The van der Waals surface area contributed by atoms with Crippen LogP contribution < -0.4 is 10.2 Å². The minimum absolute atomic E-state index is 0.587. The van der Waals surface area contributed by atoms with Crippen LogP contribution in [0, 0.1) is 19.8 Å². The quantitative estimate of drug-likeness (QED) is 0.887. The first-order valence-corrected chi connectivity index (χ1v) is 10.6. The van der Waals surface area contributed by atoms with E-state index in [0.29, 0.717) is 6.04 Å². The van der Waals surface area contributed by atoms with Crippen LogP contribution in [-0.4, -0.2) is 66.8 Å². The molecule has 140 valence electrons. The third-order valence-electron chi connectivity index (χ3n) is 6.24. The third kappa shape index (κ3) is 2.81. The smallest absolute Gasteiger partial charge is 0.146 e. The second kappa shape index (κ2) is 6.71. The van der Waals surface area contributed by atoms with Crippen molar-refractivity contribution in [2.75, 3.05) is 50.8 Å². The van der Waals surface area contributed by atoms with Crippen LogP contribution in [0.25, 0.3) is 10.2 Å². The van der Waals surface area contributed by atoms with Crippen LogP contribution in [0.2, 0.25) is 0 Å². The summed E-state index contributed by atoms with van der Waals surface area (Å²) in [6.45, 7) is 12.2. The molecule has 3 saturated heterocycles. The lowest BCUT2D eigenvalue weighted by Gasteiger charge is -2.28. The summed E-state index contributed by atoms with van der Waals surface area (Å²) in [7, 11) is 0. The van der Waals surface area contributed by atoms with Gasteiger partial charge < -0.3 is 15.0 Å². The van der Waals surface area contributed by atoms with Gasteiger partial charge in [0.1, 0.15) is 16.5 Å². The molecule has 3 aliphatic rings. The van der Waals surface area contributed by atoms with Crippen LogP contribution in [-0.2, 0) is 11.3 Å². The lowest BCUT2D eigenvalue weighted by molar-refractivity contribution is 0.0331. The fourth-order valence-electron chi connectivity index (χ4n) is 4.62. The van der Waals surface area contributed by atoms with Crippen LogP contribution in [0.1, 0.15) is 22.7 Å². The van der Waals surface area contributed by atoms with E-state index in [1.165, 1.54) is 28.1 Å². The van der Waals surface area contributed by atoms with E-state index < -0.39 is 0 Å². The van der Waals surface area contributed by atoms with E-state index in [9.17, 15) is 0 Å². The summed E-state index contributed by atoms with van der Waals surface area (Å²) in [6, 6.07) is 0.587. The molecule has 7 heteroatoms. The van der Waals surface area contributed by atoms with E-state index >= 15 is 0 Å². The molecule has 26 heavy (non-hydrogen) atoms. The molecule has 0 radical (unpaired) electrons. The number of morpholine rings is 1. The van der Waals surface area contributed by atoms with Gasteiger partial charge in [-0.15, -0.1) is 11.3 Å². The molecule has 0 spiro atoms. The van der Waals surface area contributed by atoms with Gasteiger partial charge in [-0.05, 0) is 31.7 Å². The number of thiophene rings is 1. The number of nitrogens with zero attached hydrogens (tertiary/aromatic N) is 4. The summed E-state index contributed by atoms with van der Waals surface area (Å²) < 4.78 is 5.48. The SMILES string of the molecule is Cc1sc2nc(CN3CCOCC3)nc(N3CC[C@@H]4CNC[C@@H]43)c2c1C. The number of hydrogen-bond donors (Lipinski definition) is 1. The maximum atomic E-state index is 5.48. The molecule has 0 bridgehead atoms. The van der Waals surface area contributed by atoms with E-state index in [1.54, 1.807) is 0 Å². The second-order valence-electron chi connectivity index (χ2n) is 7.78. The average Bonchev–Trinajstić information content (AvgIpc) is 3.31.